The van der Waals surface area contributed by atoms with Gasteiger partial charge in [-0.15, -0.1) is 0 Å². The van der Waals surface area contributed by atoms with Crippen molar-refractivity contribution < 1.29 is 14.3 Å². The van der Waals surface area contributed by atoms with E-state index in [0.717, 1.165) is 55.5 Å². The molecule has 0 unspecified atom stereocenters. The number of hydrogen-bond acceptors (Lipinski definition) is 4. The number of rotatable bonds is 16. The van der Waals surface area contributed by atoms with Crippen LogP contribution in [0.5, 0.6) is 11.5 Å². The first kappa shape index (κ1) is 31.0. The SMILES string of the molecule is CCCCCCNC(=O)Oc1ccc(/C(=C(/CC)Cc2ccccc2)c2ccc(OCCCN(C)C)cc2)cc1. The first-order valence-electron chi connectivity index (χ1n) is 14.7. The summed E-state index contributed by atoms with van der Waals surface area (Å²) in [7, 11) is 4.15. The lowest BCUT2D eigenvalue weighted by Gasteiger charge is -2.17. The molecular formula is C35H46N2O3. The largest absolute Gasteiger partial charge is 0.494 e. The number of carbonyl (C=O) groups is 1. The van der Waals surface area contributed by atoms with Crippen LogP contribution in [-0.4, -0.2) is 44.8 Å². The zero-order valence-corrected chi connectivity index (χ0v) is 24.7. The Hall–Kier alpha value is -3.57. The Morgan fingerprint density at radius 2 is 1.43 bits per heavy atom. The topological polar surface area (TPSA) is 50.8 Å². The Balaban J connectivity index is 1.79. The first-order valence-corrected chi connectivity index (χ1v) is 14.7. The average molecular weight is 543 g/mol. The van der Waals surface area contributed by atoms with Crippen molar-refractivity contribution >= 4 is 11.7 Å². The summed E-state index contributed by atoms with van der Waals surface area (Å²) in [4.78, 5) is 14.4. The van der Waals surface area contributed by atoms with Gasteiger partial charge in [-0.05, 0) is 86.3 Å². The van der Waals surface area contributed by atoms with E-state index in [1.807, 2.05) is 24.3 Å². The van der Waals surface area contributed by atoms with E-state index in [9.17, 15) is 4.79 Å². The van der Waals surface area contributed by atoms with Gasteiger partial charge < -0.3 is 19.7 Å². The van der Waals surface area contributed by atoms with Gasteiger partial charge in [-0.25, -0.2) is 4.79 Å². The predicted octanol–water partition coefficient (Wildman–Crippen LogP) is 8.14. The van der Waals surface area contributed by atoms with Crippen LogP contribution < -0.4 is 14.8 Å². The van der Waals surface area contributed by atoms with E-state index in [0.29, 0.717) is 18.9 Å². The maximum Gasteiger partial charge on any atom is 0.412 e. The van der Waals surface area contributed by atoms with E-state index in [4.69, 9.17) is 9.47 Å². The molecule has 3 aromatic rings. The van der Waals surface area contributed by atoms with Gasteiger partial charge in [0.05, 0.1) is 6.61 Å². The van der Waals surface area contributed by atoms with Crippen molar-refractivity contribution in [3.8, 4) is 11.5 Å². The molecule has 0 saturated carbocycles. The van der Waals surface area contributed by atoms with E-state index in [1.54, 1.807) is 0 Å². The normalized spacial score (nSPS) is 11.7. The van der Waals surface area contributed by atoms with Crippen molar-refractivity contribution in [3.05, 3.63) is 101 Å². The molecule has 0 radical (unpaired) electrons. The molecule has 214 valence electrons. The van der Waals surface area contributed by atoms with Gasteiger partial charge in [0.1, 0.15) is 11.5 Å². The number of unbranched alkanes of at least 4 members (excludes halogenated alkanes) is 3. The number of amides is 1. The predicted molar refractivity (Wildman–Crippen MR) is 166 cm³/mol. The summed E-state index contributed by atoms with van der Waals surface area (Å²) in [6.45, 7) is 6.73. The van der Waals surface area contributed by atoms with Crippen molar-refractivity contribution in [2.45, 2.75) is 58.8 Å². The van der Waals surface area contributed by atoms with Gasteiger partial charge in [0, 0.05) is 13.1 Å². The Kier molecular flexibility index (Phi) is 13.3. The summed E-state index contributed by atoms with van der Waals surface area (Å²) in [5.74, 6) is 1.42. The average Bonchev–Trinajstić information content (AvgIpc) is 2.97. The monoisotopic (exact) mass is 542 g/mol. The lowest BCUT2D eigenvalue weighted by molar-refractivity contribution is 0.200. The zero-order chi connectivity index (χ0) is 28.6. The molecule has 40 heavy (non-hydrogen) atoms. The van der Waals surface area contributed by atoms with Crippen LogP contribution >= 0.6 is 0 Å². The third-order valence-corrected chi connectivity index (χ3v) is 6.86. The third kappa shape index (κ3) is 10.5. The number of hydrogen-bond donors (Lipinski definition) is 1. The minimum Gasteiger partial charge on any atom is -0.494 e. The summed E-state index contributed by atoms with van der Waals surface area (Å²) in [6, 6.07) is 26.8. The fourth-order valence-corrected chi connectivity index (χ4v) is 4.67. The standard InChI is InChI=1S/C35H46N2O3/c1-5-7-8-12-24-36-35(38)40-33-22-18-31(19-23-33)34(29(6-2)27-28-14-10-9-11-15-28)30-16-20-32(21-17-30)39-26-13-25-37(3)4/h9-11,14-23H,5-8,12-13,24-27H2,1-4H3,(H,36,38)/b34-29-. The van der Waals surface area contributed by atoms with Crippen molar-refractivity contribution in [3.63, 3.8) is 0 Å². The van der Waals surface area contributed by atoms with Crippen LogP contribution in [-0.2, 0) is 6.42 Å². The lowest BCUT2D eigenvalue weighted by atomic mass is 9.88. The molecule has 1 N–H and O–H groups in total. The minimum atomic E-state index is -0.403. The molecule has 0 atom stereocenters. The number of carbonyl (C=O) groups excluding carboxylic acids is 1. The second-order valence-corrected chi connectivity index (χ2v) is 10.4. The second-order valence-electron chi connectivity index (χ2n) is 10.4. The highest BCUT2D eigenvalue weighted by Crippen LogP contribution is 2.32. The molecule has 0 saturated heterocycles. The molecule has 0 bridgehead atoms. The van der Waals surface area contributed by atoms with E-state index in [1.165, 1.54) is 29.6 Å². The highest BCUT2D eigenvalue weighted by Gasteiger charge is 2.13. The molecule has 0 aliphatic rings. The Bertz CT molecular complexity index is 1170. The van der Waals surface area contributed by atoms with Crippen molar-refractivity contribution in [1.29, 1.82) is 0 Å². The van der Waals surface area contributed by atoms with Crippen LogP contribution in [0.15, 0.2) is 84.4 Å². The number of nitrogens with one attached hydrogen (secondary N) is 1. The van der Waals surface area contributed by atoms with E-state index in [2.05, 4.69) is 92.8 Å². The number of nitrogens with zero attached hydrogens (tertiary/aromatic N) is 1. The van der Waals surface area contributed by atoms with Gasteiger partial charge >= 0.3 is 6.09 Å². The van der Waals surface area contributed by atoms with Crippen molar-refractivity contribution in [1.82, 2.24) is 10.2 Å². The Labute approximate surface area is 241 Å². The van der Waals surface area contributed by atoms with Crippen LogP contribution in [0.1, 0.15) is 69.1 Å². The molecule has 1 amide bonds. The van der Waals surface area contributed by atoms with Crippen LogP contribution in [0, 0.1) is 0 Å². The van der Waals surface area contributed by atoms with Gasteiger partial charge in [-0.3, -0.25) is 0 Å². The number of benzene rings is 3. The molecule has 0 heterocycles. The smallest absolute Gasteiger partial charge is 0.412 e. The molecule has 0 aliphatic heterocycles. The van der Waals surface area contributed by atoms with Gasteiger partial charge in [-0.1, -0.05) is 93.3 Å². The second kappa shape index (κ2) is 17.2. The van der Waals surface area contributed by atoms with E-state index >= 15 is 0 Å². The van der Waals surface area contributed by atoms with E-state index < -0.39 is 6.09 Å². The van der Waals surface area contributed by atoms with Gasteiger partial charge in [0.15, 0.2) is 0 Å². The van der Waals surface area contributed by atoms with Crippen molar-refractivity contribution in [2.75, 3.05) is 33.8 Å². The number of ether oxygens (including phenoxy) is 2. The summed E-state index contributed by atoms with van der Waals surface area (Å²) in [6.07, 6.45) is 6.82. The maximum absolute atomic E-state index is 12.2. The molecular weight excluding hydrogens is 496 g/mol. The third-order valence-electron chi connectivity index (χ3n) is 6.86. The zero-order valence-electron chi connectivity index (χ0n) is 24.7. The molecule has 5 nitrogen and oxygen atoms in total. The Morgan fingerprint density at radius 3 is 2.02 bits per heavy atom. The van der Waals surface area contributed by atoms with Gasteiger partial charge in [0.25, 0.3) is 0 Å². The molecule has 3 aromatic carbocycles. The lowest BCUT2D eigenvalue weighted by Crippen LogP contribution is -2.27. The highest BCUT2D eigenvalue weighted by molar-refractivity contribution is 5.83. The van der Waals surface area contributed by atoms with Gasteiger partial charge in [0.2, 0.25) is 0 Å². The van der Waals surface area contributed by atoms with Crippen LogP contribution in [0.25, 0.3) is 5.57 Å². The Morgan fingerprint density at radius 1 is 0.775 bits per heavy atom. The fourth-order valence-electron chi connectivity index (χ4n) is 4.67. The maximum atomic E-state index is 12.2. The molecule has 5 heteroatoms. The quantitative estimate of drug-likeness (QED) is 0.186. The first-order chi connectivity index (χ1) is 19.5. The molecule has 0 aromatic heterocycles. The van der Waals surface area contributed by atoms with Crippen LogP contribution in [0.4, 0.5) is 4.79 Å². The summed E-state index contributed by atoms with van der Waals surface area (Å²) in [5.41, 5.74) is 6.08. The summed E-state index contributed by atoms with van der Waals surface area (Å²) in [5, 5.41) is 2.85. The summed E-state index contributed by atoms with van der Waals surface area (Å²) >= 11 is 0. The van der Waals surface area contributed by atoms with Crippen LogP contribution in [0.2, 0.25) is 0 Å². The molecule has 3 rings (SSSR count). The molecule has 0 spiro atoms. The fraction of sp³-hybridized carbons (Fsp3) is 0.400. The van der Waals surface area contributed by atoms with E-state index in [-0.39, 0.29) is 0 Å². The minimum absolute atomic E-state index is 0.403. The summed E-state index contributed by atoms with van der Waals surface area (Å²) < 4.78 is 11.5. The molecule has 0 fully saturated rings. The number of allylic oxidation sites excluding steroid dienone is 1. The molecule has 0 aliphatic carbocycles. The van der Waals surface area contributed by atoms with Crippen molar-refractivity contribution in [2.24, 2.45) is 0 Å². The highest BCUT2D eigenvalue weighted by atomic mass is 16.6. The van der Waals surface area contributed by atoms with Crippen LogP contribution in [0.3, 0.4) is 0 Å². The van der Waals surface area contributed by atoms with Gasteiger partial charge in [-0.2, -0.15) is 0 Å².